The number of rotatable bonds is 4. The Bertz CT molecular complexity index is 868. The molecular weight excluding hydrogens is 350 g/mol. The third kappa shape index (κ3) is 3.75. The maximum absolute atomic E-state index is 12.9. The third-order valence-electron chi connectivity index (χ3n) is 4.38. The first-order valence-electron chi connectivity index (χ1n) is 8.84. The zero-order chi connectivity index (χ0) is 19.8. The first-order valence-corrected chi connectivity index (χ1v) is 8.84. The molecule has 1 N–H and O–H groups in total. The van der Waals surface area contributed by atoms with Gasteiger partial charge in [0.1, 0.15) is 29.3 Å². The second-order valence-corrected chi connectivity index (χ2v) is 7.51. The molecule has 1 fully saturated rings. The molecule has 1 aromatic heterocycles. The van der Waals surface area contributed by atoms with Gasteiger partial charge in [-0.2, -0.15) is 0 Å². The number of methoxy groups -OCH3 is 2. The number of benzene rings is 1. The molecule has 2 heterocycles. The number of H-pyrrole nitrogens is 1. The van der Waals surface area contributed by atoms with Crippen molar-refractivity contribution in [2.24, 2.45) is 0 Å². The van der Waals surface area contributed by atoms with Crippen LogP contribution in [0.1, 0.15) is 44.5 Å². The topological polar surface area (TPSA) is 93.8 Å². The Labute approximate surface area is 157 Å². The van der Waals surface area contributed by atoms with Crippen LogP contribution in [-0.2, 0) is 20.9 Å². The number of aromatic amines is 1. The lowest BCUT2D eigenvalue weighted by Gasteiger charge is -2.23. The lowest BCUT2D eigenvalue weighted by molar-refractivity contribution is -0.128. The van der Waals surface area contributed by atoms with Gasteiger partial charge in [-0.05, 0) is 38.8 Å². The van der Waals surface area contributed by atoms with Crippen molar-refractivity contribution in [3.63, 3.8) is 0 Å². The van der Waals surface area contributed by atoms with Crippen LogP contribution in [-0.4, -0.2) is 53.2 Å². The molecule has 3 rings (SSSR count). The molecule has 1 unspecified atom stereocenters. The fourth-order valence-electron chi connectivity index (χ4n) is 3.26. The van der Waals surface area contributed by atoms with Crippen LogP contribution in [0.15, 0.2) is 12.1 Å². The van der Waals surface area contributed by atoms with E-state index in [9.17, 15) is 9.59 Å². The number of fused-ring (bicyclic) bond motifs is 1. The molecule has 0 aliphatic carbocycles. The van der Waals surface area contributed by atoms with Crippen LogP contribution < -0.4 is 4.74 Å². The molecule has 1 atom stereocenters. The van der Waals surface area contributed by atoms with Crippen LogP contribution in [0.3, 0.4) is 0 Å². The first-order chi connectivity index (χ1) is 12.7. The molecule has 0 saturated carbocycles. The van der Waals surface area contributed by atoms with Crippen molar-refractivity contribution in [1.82, 2.24) is 14.9 Å². The first kappa shape index (κ1) is 19.2. The van der Waals surface area contributed by atoms with Crippen LogP contribution in [0.25, 0.3) is 11.0 Å². The monoisotopic (exact) mass is 375 g/mol. The largest absolute Gasteiger partial charge is 0.494 e. The molecule has 1 saturated heterocycles. The zero-order valence-electron chi connectivity index (χ0n) is 16.3. The van der Waals surface area contributed by atoms with Gasteiger partial charge in [0.2, 0.25) is 5.91 Å². The lowest BCUT2D eigenvalue weighted by Crippen LogP contribution is -2.38. The number of likely N-dealkylation sites (tertiary alicyclic amines) is 1. The highest BCUT2D eigenvalue weighted by molar-refractivity contribution is 6.00. The zero-order valence-corrected chi connectivity index (χ0v) is 16.3. The van der Waals surface area contributed by atoms with Crippen molar-refractivity contribution < 1.29 is 23.8 Å². The summed E-state index contributed by atoms with van der Waals surface area (Å²) < 4.78 is 15.9. The average Bonchev–Trinajstić information content (AvgIpc) is 3.16. The minimum Gasteiger partial charge on any atom is -0.494 e. The molecule has 0 spiro atoms. The third-order valence-corrected chi connectivity index (χ3v) is 4.38. The van der Waals surface area contributed by atoms with Crippen molar-refractivity contribution in [3.8, 4) is 5.75 Å². The predicted octanol–water partition coefficient (Wildman–Crippen LogP) is 2.97. The van der Waals surface area contributed by atoms with E-state index in [0.717, 1.165) is 5.56 Å². The maximum Gasteiger partial charge on any atom is 0.417 e. The van der Waals surface area contributed by atoms with Gasteiger partial charge in [-0.1, -0.05) is 6.07 Å². The molecule has 8 nitrogen and oxygen atoms in total. The summed E-state index contributed by atoms with van der Waals surface area (Å²) >= 11 is 0. The number of hydrogen-bond acceptors (Lipinski definition) is 6. The second-order valence-electron chi connectivity index (χ2n) is 7.51. The van der Waals surface area contributed by atoms with Crippen LogP contribution in [0.2, 0.25) is 0 Å². The molecule has 1 aliphatic heterocycles. The molecule has 2 amide bonds. The van der Waals surface area contributed by atoms with Gasteiger partial charge >= 0.3 is 6.09 Å². The van der Waals surface area contributed by atoms with Gasteiger partial charge in [-0.15, -0.1) is 0 Å². The van der Waals surface area contributed by atoms with Gasteiger partial charge in [0.15, 0.2) is 0 Å². The van der Waals surface area contributed by atoms with Crippen molar-refractivity contribution in [2.45, 2.75) is 45.3 Å². The molecule has 146 valence electrons. The van der Waals surface area contributed by atoms with E-state index in [-0.39, 0.29) is 5.91 Å². The summed E-state index contributed by atoms with van der Waals surface area (Å²) in [6.07, 6.45) is -0.0896. The van der Waals surface area contributed by atoms with Crippen LogP contribution in [0.5, 0.6) is 5.75 Å². The van der Waals surface area contributed by atoms with E-state index < -0.39 is 17.6 Å². The summed E-state index contributed by atoms with van der Waals surface area (Å²) in [5.41, 5.74) is 1.48. The van der Waals surface area contributed by atoms with Gasteiger partial charge in [0, 0.05) is 13.7 Å². The summed E-state index contributed by atoms with van der Waals surface area (Å²) in [6, 6.07) is 3.63. The summed E-state index contributed by atoms with van der Waals surface area (Å²) in [5.74, 6) is 0.558. The van der Waals surface area contributed by atoms with Gasteiger partial charge in [-0.25, -0.2) is 14.7 Å². The van der Waals surface area contributed by atoms with Gasteiger partial charge in [-0.3, -0.25) is 4.79 Å². The summed E-state index contributed by atoms with van der Waals surface area (Å²) in [5, 5.41) is 0. The Hall–Kier alpha value is -2.61. The second kappa shape index (κ2) is 7.19. The number of ether oxygens (including phenoxy) is 3. The number of nitrogens with zero attached hydrogens (tertiary/aromatic N) is 2. The van der Waals surface area contributed by atoms with Crippen LogP contribution in [0.4, 0.5) is 4.79 Å². The van der Waals surface area contributed by atoms with E-state index in [4.69, 9.17) is 14.2 Å². The van der Waals surface area contributed by atoms with Gasteiger partial charge in [0.25, 0.3) is 0 Å². The van der Waals surface area contributed by atoms with Crippen molar-refractivity contribution in [2.75, 3.05) is 20.8 Å². The highest BCUT2D eigenvalue weighted by atomic mass is 16.6. The van der Waals surface area contributed by atoms with Gasteiger partial charge in [0.05, 0.1) is 18.5 Å². The fraction of sp³-hybridized carbons (Fsp3) is 0.526. The van der Waals surface area contributed by atoms with Gasteiger partial charge < -0.3 is 19.2 Å². The Balaban J connectivity index is 1.94. The number of imidazole rings is 1. The van der Waals surface area contributed by atoms with E-state index in [1.54, 1.807) is 41.1 Å². The molecular formula is C19H25N3O5. The highest BCUT2D eigenvalue weighted by Crippen LogP contribution is 2.36. The Morgan fingerprint density at radius 1 is 1.33 bits per heavy atom. The number of aromatic nitrogens is 2. The maximum atomic E-state index is 12.9. The minimum atomic E-state index is -0.653. The molecule has 0 bridgehead atoms. The number of carbonyl (C=O) groups is 2. The SMILES string of the molecule is COCc1nc2c(C3CCN(C(=O)OC(C)(C)C)C3=O)ccc(OC)c2[nH]1. The summed E-state index contributed by atoms with van der Waals surface area (Å²) in [6.45, 7) is 5.96. The summed E-state index contributed by atoms with van der Waals surface area (Å²) in [4.78, 5) is 34.2. The van der Waals surface area contributed by atoms with Crippen LogP contribution >= 0.6 is 0 Å². The minimum absolute atomic E-state index is 0.271. The number of imide groups is 1. The number of nitrogens with one attached hydrogen (secondary N) is 1. The standard InChI is InChI=1S/C19H25N3O5/c1-19(2,3)27-18(24)22-9-8-12(17(22)23)11-6-7-13(26-5)16-15(11)20-14(21-16)10-25-4/h6-7,12H,8-10H2,1-5H3,(H,20,21). The Morgan fingerprint density at radius 2 is 2.07 bits per heavy atom. The Morgan fingerprint density at radius 3 is 2.70 bits per heavy atom. The molecule has 8 heteroatoms. The van der Waals surface area contributed by atoms with E-state index in [0.29, 0.717) is 42.2 Å². The molecule has 2 aromatic rings. The average molecular weight is 375 g/mol. The van der Waals surface area contributed by atoms with E-state index in [1.165, 1.54) is 4.90 Å². The van der Waals surface area contributed by atoms with E-state index in [2.05, 4.69) is 9.97 Å². The fourth-order valence-corrected chi connectivity index (χ4v) is 3.26. The van der Waals surface area contributed by atoms with E-state index in [1.807, 2.05) is 6.07 Å². The normalized spacial score (nSPS) is 17.6. The smallest absolute Gasteiger partial charge is 0.417 e. The van der Waals surface area contributed by atoms with E-state index >= 15 is 0 Å². The molecule has 27 heavy (non-hydrogen) atoms. The lowest BCUT2D eigenvalue weighted by atomic mass is 9.96. The molecule has 1 aromatic carbocycles. The quantitative estimate of drug-likeness (QED) is 0.883. The van der Waals surface area contributed by atoms with Crippen molar-refractivity contribution in [1.29, 1.82) is 0 Å². The highest BCUT2D eigenvalue weighted by Gasteiger charge is 2.39. The number of hydrogen-bond donors (Lipinski definition) is 1. The number of carbonyl (C=O) groups excluding carboxylic acids is 2. The number of amides is 2. The van der Waals surface area contributed by atoms with Crippen molar-refractivity contribution >= 4 is 23.0 Å². The molecule has 1 aliphatic rings. The van der Waals surface area contributed by atoms with Crippen LogP contribution in [0, 0.1) is 0 Å². The summed E-state index contributed by atoms with van der Waals surface area (Å²) in [7, 11) is 3.17. The van der Waals surface area contributed by atoms with Crippen molar-refractivity contribution in [3.05, 3.63) is 23.5 Å². The Kier molecular flexibility index (Phi) is 5.10. The predicted molar refractivity (Wildman–Crippen MR) is 98.7 cm³/mol. The molecule has 0 radical (unpaired) electrons.